The van der Waals surface area contributed by atoms with Crippen LogP contribution < -0.4 is 10.4 Å². The van der Waals surface area contributed by atoms with Crippen molar-refractivity contribution in [2.24, 2.45) is 0 Å². The van der Waals surface area contributed by atoms with E-state index in [9.17, 15) is 0 Å². The summed E-state index contributed by atoms with van der Waals surface area (Å²) in [6.45, 7) is 0. The van der Waals surface area contributed by atoms with Crippen molar-refractivity contribution in [1.82, 2.24) is 0 Å². The zero-order valence-electron chi connectivity index (χ0n) is 23.2. The minimum atomic E-state index is 1.15. The highest BCUT2D eigenvalue weighted by molar-refractivity contribution is 6.12. The van der Waals surface area contributed by atoms with Crippen LogP contribution in [0.5, 0.6) is 0 Å². The smallest absolute Gasteiger partial charge is 0.00671 e. The van der Waals surface area contributed by atoms with Crippen LogP contribution in [0.25, 0.3) is 44.8 Å². The number of aryl methyl sites for hydroxylation is 3. The van der Waals surface area contributed by atoms with Gasteiger partial charge < -0.3 is 0 Å². The summed E-state index contributed by atoms with van der Waals surface area (Å²) in [7, 11) is 0. The Morgan fingerprint density at radius 1 is 0.575 bits per heavy atom. The van der Waals surface area contributed by atoms with Crippen LogP contribution in [0.1, 0.15) is 72.8 Å². The number of fused-ring (bicyclic) bond motifs is 3. The fourth-order valence-corrected chi connectivity index (χ4v) is 8.45. The summed E-state index contributed by atoms with van der Waals surface area (Å²) in [6, 6.07) is 21.2. The predicted octanol–water partition coefficient (Wildman–Crippen LogP) is 8.67. The van der Waals surface area contributed by atoms with Gasteiger partial charge in [-0.25, -0.2) is 0 Å². The van der Waals surface area contributed by atoms with Gasteiger partial charge in [0.2, 0.25) is 0 Å². The van der Waals surface area contributed by atoms with Crippen LogP contribution in [0.15, 0.2) is 89.5 Å². The van der Waals surface area contributed by atoms with E-state index in [4.69, 9.17) is 0 Å². The maximum Gasteiger partial charge on any atom is -0.00671 e. The second-order valence-electron chi connectivity index (χ2n) is 12.4. The molecule has 9 rings (SSSR count). The highest BCUT2D eigenvalue weighted by Gasteiger charge is 2.25. The zero-order chi connectivity index (χ0) is 26.2. The first-order valence-corrected chi connectivity index (χ1v) is 15.4. The summed E-state index contributed by atoms with van der Waals surface area (Å²) < 4.78 is 0. The molecule has 0 saturated carbocycles. The Kier molecular flexibility index (Phi) is 5.03. The Morgan fingerprint density at radius 3 is 2.30 bits per heavy atom. The van der Waals surface area contributed by atoms with E-state index in [0.29, 0.717) is 0 Å². The first kappa shape index (κ1) is 22.9. The molecule has 0 fully saturated rings. The topological polar surface area (TPSA) is 0 Å². The minimum absolute atomic E-state index is 1.15. The van der Waals surface area contributed by atoms with Crippen LogP contribution in [-0.4, -0.2) is 0 Å². The fraction of sp³-hybridized carbons (Fsp3) is 0.250. The monoisotopic (exact) mass is 514 g/mol. The summed E-state index contributed by atoms with van der Waals surface area (Å²) in [5, 5.41) is 8.97. The Labute approximate surface area is 236 Å². The lowest BCUT2D eigenvalue weighted by molar-refractivity contribution is 0.859. The fourth-order valence-electron chi connectivity index (χ4n) is 8.45. The van der Waals surface area contributed by atoms with Gasteiger partial charge in [0.1, 0.15) is 0 Å². The lowest BCUT2D eigenvalue weighted by atomic mass is 9.76. The van der Waals surface area contributed by atoms with Crippen molar-refractivity contribution < 1.29 is 0 Å². The Balaban J connectivity index is 1.17. The van der Waals surface area contributed by atoms with E-state index in [2.05, 4.69) is 85.0 Å². The van der Waals surface area contributed by atoms with E-state index >= 15 is 0 Å². The number of rotatable bonds is 2. The van der Waals surface area contributed by atoms with Gasteiger partial charge in [-0.1, -0.05) is 85.0 Å². The molecule has 0 spiro atoms. The van der Waals surface area contributed by atoms with Crippen molar-refractivity contribution in [1.29, 1.82) is 0 Å². The standard InChI is InChI=1S/C40H34/c1-2-7-27-22-28(15-14-25(27)6-1)29-16-17-31-24-32(19-18-30(31)23-29)33-20-21-38-36-11-4-9-26-8-3-10-35(39(26)36)37-13-5-12-34(33)40(37)38/h1,3,5-6,8-10,12-15,22-24H,2,4,7,11,16-21H2. The molecular weight excluding hydrogens is 480 g/mol. The van der Waals surface area contributed by atoms with Crippen molar-refractivity contribution in [2.45, 2.75) is 64.2 Å². The Hall–Kier alpha value is -3.90. The summed E-state index contributed by atoms with van der Waals surface area (Å²) >= 11 is 0. The van der Waals surface area contributed by atoms with Gasteiger partial charge in [-0.3, -0.25) is 0 Å². The van der Waals surface area contributed by atoms with E-state index in [-0.39, 0.29) is 0 Å². The summed E-state index contributed by atoms with van der Waals surface area (Å²) in [6.07, 6.45) is 23.9. The van der Waals surface area contributed by atoms with E-state index < -0.39 is 0 Å². The van der Waals surface area contributed by atoms with Crippen LogP contribution in [0.4, 0.5) is 0 Å². The van der Waals surface area contributed by atoms with Gasteiger partial charge >= 0.3 is 0 Å². The first-order chi connectivity index (χ1) is 19.8. The molecule has 0 atom stereocenters. The molecule has 0 aromatic heterocycles. The maximum atomic E-state index is 2.60. The number of allylic oxidation sites excluding steroid dienone is 7. The van der Waals surface area contributed by atoms with Crippen molar-refractivity contribution >= 4 is 44.8 Å². The molecule has 0 unspecified atom stereocenters. The van der Waals surface area contributed by atoms with E-state index in [1.165, 1.54) is 100 Å². The number of hydrogen-bond acceptors (Lipinski definition) is 0. The maximum absolute atomic E-state index is 2.60. The molecule has 5 aliphatic rings. The molecule has 5 aliphatic carbocycles. The summed E-state index contributed by atoms with van der Waals surface area (Å²) in [4.78, 5) is 0. The van der Waals surface area contributed by atoms with Crippen LogP contribution in [0, 0.1) is 0 Å². The van der Waals surface area contributed by atoms with Gasteiger partial charge in [0.25, 0.3) is 0 Å². The predicted molar refractivity (Wildman–Crippen MR) is 171 cm³/mol. The third-order valence-corrected chi connectivity index (χ3v) is 10.3. The normalized spacial score (nSPS) is 19.2. The molecule has 0 aliphatic heterocycles. The summed E-state index contributed by atoms with van der Waals surface area (Å²) in [5.41, 5.74) is 15.6. The lowest BCUT2D eigenvalue weighted by Gasteiger charge is -2.28. The molecule has 194 valence electrons. The lowest BCUT2D eigenvalue weighted by Crippen LogP contribution is -2.21. The molecule has 0 heterocycles. The summed E-state index contributed by atoms with van der Waals surface area (Å²) in [5.74, 6) is 0. The van der Waals surface area contributed by atoms with E-state index in [0.717, 1.165) is 12.8 Å². The Morgan fingerprint density at radius 2 is 1.38 bits per heavy atom. The van der Waals surface area contributed by atoms with Crippen LogP contribution in [0.2, 0.25) is 0 Å². The molecule has 0 heteroatoms. The highest BCUT2D eigenvalue weighted by Crippen LogP contribution is 2.42. The largest absolute Gasteiger partial charge is 0.0836 e. The van der Waals surface area contributed by atoms with Gasteiger partial charge in [-0.2, -0.15) is 0 Å². The van der Waals surface area contributed by atoms with Gasteiger partial charge in [0.15, 0.2) is 0 Å². The van der Waals surface area contributed by atoms with Crippen molar-refractivity contribution in [3.8, 4) is 0 Å². The quantitative estimate of drug-likeness (QED) is 0.235. The third kappa shape index (κ3) is 3.38. The van der Waals surface area contributed by atoms with Gasteiger partial charge in [0.05, 0.1) is 0 Å². The van der Waals surface area contributed by atoms with Crippen molar-refractivity contribution in [2.75, 3.05) is 0 Å². The first-order valence-electron chi connectivity index (χ1n) is 15.4. The molecular formula is C40H34. The van der Waals surface area contributed by atoms with Crippen LogP contribution >= 0.6 is 0 Å². The highest BCUT2D eigenvalue weighted by atomic mass is 14.3. The molecule has 0 amide bonds. The molecule has 0 bridgehead atoms. The van der Waals surface area contributed by atoms with Crippen LogP contribution in [-0.2, 0) is 19.3 Å². The van der Waals surface area contributed by atoms with Crippen molar-refractivity contribution in [3.63, 3.8) is 0 Å². The second kappa shape index (κ2) is 8.80. The molecule has 40 heavy (non-hydrogen) atoms. The van der Waals surface area contributed by atoms with E-state index in [1.54, 1.807) is 38.8 Å². The average molecular weight is 515 g/mol. The number of hydrogen-bond donors (Lipinski definition) is 0. The van der Waals surface area contributed by atoms with Crippen molar-refractivity contribution in [3.05, 3.63) is 128 Å². The van der Waals surface area contributed by atoms with E-state index in [1.807, 2.05) is 0 Å². The zero-order valence-corrected chi connectivity index (χ0v) is 23.2. The van der Waals surface area contributed by atoms with Gasteiger partial charge in [0, 0.05) is 0 Å². The average Bonchev–Trinajstić information content (AvgIpc) is 3.02. The minimum Gasteiger partial charge on any atom is -0.0836 e. The molecule has 0 saturated heterocycles. The molecule has 4 aromatic carbocycles. The second-order valence-corrected chi connectivity index (χ2v) is 12.4. The SMILES string of the molecule is C1=Cc2ccc(C3=CC4=C(C=C(C5=c6cccc7c6c(c6c8c(cccc87)=CCC6)CC5)CC4)CC3)cc2CC1. The Bertz CT molecular complexity index is 2040. The van der Waals surface area contributed by atoms with Gasteiger partial charge in [-0.15, -0.1) is 0 Å². The molecule has 0 nitrogen and oxygen atoms in total. The molecule has 0 N–H and O–H groups in total. The third-order valence-electron chi connectivity index (χ3n) is 10.3. The van der Waals surface area contributed by atoms with Crippen LogP contribution in [0.3, 0.4) is 0 Å². The number of benzene rings is 4. The molecule has 4 aromatic rings. The molecule has 0 radical (unpaired) electrons. The van der Waals surface area contributed by atoms with Gasteiger partial charge in [-0.05, 0) is 152 Å².